The molecule has 1 fully saturated rings. The molecule has 3 N–H and O–H groups in total. The van der Waals surface area contributed by atoms with Crippen LogP contribution < -0.4 is 16.0 Å². The summed E-state index contributed by atoms with van der Waals surface area (Å²) < 4.78 is 1.13. The number of anilines is 1. The first-order chi connectivity index (χ1) is 9.69. The fourth-order valence-corrected chi connectivity index (χ4v) is 2.81. The van der Waals surface area contributed by atoms with Gasteiger partial charge in [-0.15, -0.1) is 0 Å². The summed E-state index contributed by atoms with van der Waals surface area (Å²) in [6, 6.07) is 8.47. The number of nitrogens with two attached hydrogens (primary N) is 1. The summed E-state index contributed by atoms with van der Waals surface area (Å²) in [5.74, 6) is 1.17. The van der Waals surface area contributed by atoms with E-state index in [0.717, 1.165) is 37.1 Å². The van der Waals surface area contributed by atoms with Crippen LogP contribution in [-0.4, -0.2) is 32.1 Å². The maximum absolute atomic E-state index is 5.82. The third-order valence-corrected chi connectivity index (χ3v) is 4.03. The van der Waals surface area contributed by atoms with E-state index in [1.807, 2.05) is 0 Å². The van der Waals surface area contributed by atoms with Gasteiger partial charge in [-0.3, -0.25) is 4.99 Å². The monoisotopic (exact) mass is 338 g/mol. The van der Waals surface area contributed by atoms with Crippen LogP contribution in [0.2, 0.25) is 0 Å². The second kappa shape index (κ2) is 7.53. The van der Waals surface area contributed by atoms with Crippen LogP contribution in [0.15, 0.2) is 33.7 Å². The number of nitrogens with zero attached hydrogens (tertiary/aromatic N) is 2. The van der Waals surface area contributed by atoms with Gasteiger partial charge >= 0.3 is 0 Å². The smallest absolute Gasteiger partial charge is 0.188 e. The molecular weight excluding hydrogens is 316 g/mol. The first kappa shape index (κ1) is 15.2. The van der Waals surface area contributed by atoms with E-state index < -0.39 is 0 Å². The van der Waals surface area contributed by atoms with Crippen molar-refractivity contribution in [1.82, 2.24) is 5.32 Å². The molecular formula is C15H23BrN4. The van der Waals surface area contributed by atoms with E-state index >= 15 is 0 Å². The summed E-state index contributed by atoms with van der Waals surface area (Å²) in [6.45, 7) is 5.98. The lowest BCUT2D eigenvalue weighted by Crippen LogP contribution is -2.32. The van der Waals surface area contributed by atoms with Gasteiger partial charge in [0.1, 0.15) is 0 Å². The van der Waals surface area contributed by atoms with E-state index in [1.54, 1.807) is 0 Å². The maximum atomic E-state index is 5.82. The van der Waals surface area contributed by atoms with E-state index in [4.69, 9.17) is 5.73 Å². The van der Waals surface area contributed by atoms with Gasteiger partial charge < -0.3 is 16.0 Å². The number of guanidine groups is 1. The highest BCUT2D eigenvalue weighted by Gasteiger charge is 2.22. The number of aliphatic imine (C=N–C) groups is 1. The van der Waals surface area contributed by atoms with Gasteiger partial charge in [0, 0.05) is 36.3 Å². The minimum atomic E-state index is 0.577. The highest BCUT2D eigenvalue weighted by atomic mass is 79.9. The fraction of sp³-hybridized carbons (Fsp3) is 0.533. The highest BCUT2D eigenvalue weighted by molar-refractivity contribution is 9.10. The van der Waals surface area contributed by atoms with Gasteiger partial charge in [0.25, 0.3) is 0 Å². The molecule has 1 aromatic rings. The molecule has 1 atom stereocenters. The molecule has 0 amide bonds. The number of halogens is 1. The average Bonchev–Trinajstić information content (AvgIpc) is 2.92. The fourth-order valence-electron chi connectivity index (χ4n) is 2.43. The zero-order valence-electron chi connectivity index (χ0n) is 12.0. The van der Waals surface area contributed by atoms with Crippen molar-refractivity contribution in [2.75, 3.05) is 31.1 Å². The van der Waals surface area contributed by atoms with Crippen molar-refractivity contribution in [3.8, 4) is 0 Å². The summed E-state index contributed by atoms with van der Waals surface area (Å²) in [5, 5.41) is 3.11. The van der Waals surface area contributed by atoms with Gasteiger partial charge in [-0.2, -0.15) is 0 Å². The van der Waals surface area contributed by atoms with E-state index in [0.29, 0.717) is 11.9 Å². The number of rotatable bonds is 5. The first-order valence-corrected chi connectivity index (χ1v) is 8.02. The molecule has 0 saturated carbocycles. The van der Waals surface area contributed by atoms with Crippen LogP contribution in [0.3, 0.4) is 0 Å². The number of benzene rings is 1. The molecule has 1 aliphatic heterocycles. The standard InChI is InChI=1S/C15H23BrN4/c1-2-7-18-15(17)19-10-12-6-8-20(11-12)14-5-3-4-13(16)9-14/h3-5,9,12H,2,6-8,10-11H2,1H3,(H3,17,18,19). The molecule has 0 bridgehead atoms. The molecule has 0 radical (unpaired) electrons. The molecule has 0 aromatic heterocycles. The van der Waals surface area contributed by atoms with Crippen LogP contribution in [0.25, 0.3) is 0 Å². The van der Waals surface area contributed by atoms with Crippen LogP contribution in [0, 0.1) is 5.92 Å². The molecule has 1 heterocycles. The Morgan fingerprint density at radius 1 is 1.55 bits per heavy atom. The highest BCUT2D eigenvalue weighted by Crippen LogP contribution is 2.26. The zero-order chi connectivity index (χ0) is 14.4. The predicted octanol–water partition coefficient (Wildman–Crippen LogP) is 2.59. The Balaban J connectivity index is 1.83. The molecule has 20 heavy (non-hydrogen) atoms. The summed E-state index contributed by atoms with van der Waals surface area (Å²) in [6.07, 6.45) is 2.24. The summed E-state index contributed by atoms with van der Waals surface area (Å²) in [5.41, 5.74) is 7.10. The number of hydrogen-bond acceptors (Lipinski definition) is 2. The minimum Gasteiger partial charge on any atom is -0.371 e. The molecule has 1 saturated heterocycles. The quantitative estimate of drug-likeness (QED) is 0.640. The van der Waals surface area contributed by atoms with Gasteiger partial charge in [-0.1, -0.05) is 28.9 Å². The molecule has 5 heteroatoms. The van der Waals surface area contributed by atoms with Crippen molar-refractivity contribution in [2.45, 2.75) is 19.8 Å². The third-order valence-electron chi connectivity index (χ3n) is 3.54. The molecule has 0 aliphatic carbocycles. The maximum Gasteiger partial charge on any atom is 0.188 e. The normalized spacial score (nSPS) is 19.4. The van der Waals surface area contributed by atoms with Crippen molar-refractivity contribution in [1.29, 1.82) is 0 Å². The van der Waals surface area contributed by atoms with Crippen LogP contribution >= 0.6 is 15.9 Å². The van der Waals surface area contributed by atoms with Gasteiger partial charge in [-0.25, -0.2) is 0 Å². The SMILES string of the molecule is CCCNC(N)=NCC1CCN(c2cccc(Br)c2)C1. The number of nitrogens with one attached hydrogen (secondary N) is 1. The summed E-state index contributed by atoms with van der Waals surface area (Å²) >= 11 is 3.52. The molecule has 2 rings (SSSR count). The van der Waals surface area contributed by atoms with Crippen LogP contribution in [-0.2, 0) is 0 Å². The van der Waals surface area contributed by atoms with Crippen LogP contribution in [0.5, 0.6) is 0 Å². The van der Waals surface area contributed by atoms with Crippen LogP contribution in [0.1, 0.15) is 19.8 Å². The van der Waals surface area contributed by atoms with Gasteiger partial charge in [0.2, 0.25) is 0 Å². The Hall–Kier alpha value is -1.23. The van der Waals surface area contributed by atoms with Crippen molar-refractivity contribution in [3.63, 3.8) is 0 Å². The third kappa shape index (κ3) is 4.40. The van der Waals surface area contributed by atoms with Crippen molar-refractivity contribution < 1.29 is 0 Å². The number of hydrogen-bond donors (Lipinski definition) is 2. The average molecular weight is 339 g/mol. The summed E-state index contributed by atoms with van der Waals surface area (Å²) in [4.78, 5) is 6.85. The second-order valence-corrected chi connectivity index (χ2v) is 6.15. The minimum absolute atomic E-state index is 0.577. The second-order valence-electron chi connectivity index (χ2n) is 5.23. The molecule has 110 valence electrons. The zero-order valence-corrected chi connectivity index (χ0v) is 13.6. The first-order valence-electron chi connectivity index (χ1n) is 7.23. The molecule has 0 spiro atoms. The Labute approximate surface area is 129 Å². The van der Waals surface area contributed by atoms with Crippen LogP contribution in [0.4, 0.5) is 5.69 Å². The molecule has 4 nitrogen and oxygen atoms in total. The van der Waals surface area contributed by atoms with Gasteiger partial charge in [-0.05, 0) is 37.0 Å². The Kier molecular flexibility index (Phi) is 5.71. The molecule has 1 aliphatic rings. The van der Waals surface area contributed by atoms with Gasteiger partial charge in [0.05, 0.1) is 0 Å². The van der Waals surface area contributed by atoms with E-state index in [-0.39, 0.29) is 0 Å². The summed E-state index contributed by atoms with van der Waals surface area (Å²) in [7, 11) is 0. The van der Waals surface area contributed by atoms with E-state index in [9.17, 15) is 0 Å². The van der Waals surface area contributed by atoms with Crippen molar-refractivity contribution in [2.24, 2.45) is 16.6 Å². The van der Waals surface area contributed by atoms with E-state index in [1.165, 1.54) is 12.1 Å². The van der Waals surface area contributed by atoms with Crippen molar-refractivity contribution >= 4 is 27.6 Å². The Bertz CT molecular complexity index is 461. The van der Waals surface area contributed by atoms with Crippen molar-refractivity contribution in [3.05, 3.63) is 28.7 Å². The lowest BCUT2D eigenvalue weighted by molar-refractivity contribution is 0.601. The van der Waals surface area contributed by atoms with Gasteiger partial charge in [0.15, 0.2) is 5.96 Å². The molecule has 1 unspecified atom stereocenters. The van der Waals surface area contributed by atoms with E-state index in [2.05, 4.69) is 62.3 Å². The lowest BCUT2D eigenvalue weighted by Gasteiger charge is -2.18. The predicted molar refractivity (Wildman–Crippen MR) is 89.2 cm³/mol. The lowest BCUT2D eigenvalue weighted by atomic mass is 10.1. The Morgan fingerprint density at radius 3 is 3.15 bits per heavy atom. The Morgan fingerprint density at radius 2 is 2.40 bits per heavy atom. The largest absolute Gasteiger partial charge is 0.371 e. The topological polar surface area (TPSA) is 53.6 Å². The molecule has 1 aromatic carbocycles.